The number of rotatable bonds is 21. The van der Waals surface area contributed by atoms with Gasteiger partial charge in [-0.1, -0.05) is 103 Å². The monoisotopic (exact) mass is 383 g/mol. The Morgan fingerprint density at radius 3 is 1.41 bits per heavy atom. The Balaban J connectivity index is 3.10. The number of carbonyl (C=O) groups excluding carboxylic acids is 1. The molecule has 0 aliphatic rings. The Morgan fingerprint density at radius 1 is 0.593 bits per heavy atom. The highest BCUT2D eigenvalue weighted by Crippen LogP contribution is 2.13. The smallest absolute Gasteiger partial charge is 0.303 e. The molecule has 0 bridgehead atoms. The Labute approximate surface area is 167 Å². The quantitative estimate of drug-likeness (QED) is 0.219. The van der Waals surface area contributed by atoms with Crippen LogP contribution < -0.4 is 5.32 Å². The first-order valence-corrected chi connectivity index (χ1v) is 11.6. The number of carboxylic acids is 1. The van der Waals surface area contributed by atoms with Crippen molar-refractivity contribution >= 4 is 11.9 Å². The van der Waals surface area contributed by atoms with Crippen molar-refractivity contribution in [1.82, 2.24) is 5.32 Å². The second-order valence-corrected chi connectivity index (χ2v) is 7.90. The minimum Gasteiger partial charge on any atom is -0.481 e. The topological polar surface area (TPSA) is 66.4 Å². The third-order valence-electron chi connectivity index (χ3n) is 5.15. The summed E-state index contributed by atoms with van der Waals surface area (Å²) in [6.07, 6.45) is 22.4. The van der Waals surface area contributed by atoms with E-state index in [2.05, 4.69) is 12.2 Å². The van der Waals surface area contributed by atoms with Gasteiger partial charge in [-0.25, -0.2) is 0 Å². The molecular weight excluding hydrogens is 338 g/mol. The molecule has 0 aliphatic heterocycles. The summed E-state index contributed by atoms with van der Waals surface area (Å²) in [5, 5.41) is 11.4. The molecule has 0 saturated carbocycles. The van der Waals surface area contributed by atoms with Crippen molar-refractivity contribution in [1.29, 1.82) is 0 Å². The summed E-state index contributed by atoms with van der Waals surface area (Å²) in [7, 11) is 0. The summed E-state index contributed by atoms with van der Waals surface area (Å²) >= 11 is 0. The molecule has 0 heterocycles. The first-order valence-electron chi connectivity index (χ1n) is 11.6. The number of carbonyl (C=O) groups is 2. The van der Waals surface area contributed by atoms with E-state index in [0.717, 1.165) is 13.0 Å². The predicted octanol–water partition coefficient (Wildman–Crippen LogP) is 6.62. The molecule has 0 aliphatic carbocycles. The van der Waals surface area contributed by atoms with Crippen LogP contribution in [0.1, 0.15) is 129 Å². The van der Waals surface area contributed by atoms with Gasteiger partial charge in [-0.3, -0.25) is 9.59 Å². The van der Waals surface area contributed by atoms with E-state index in [0.29, 0.717) is 12.8 Å². The molecular formula is C23H45NO3. The molecule has 0 atom stereocenters. The largest absolute Gasteiger partial charge is 0.481 e. The van der Waals surface area contributed by atoms with Crippen LogP contribution in [0.3, 0.4) is 0 Å². The first-order chi connectivity index (χ1) is 13.2. The van der Waals surface area contributed by atoms with Gasteiger partial charge in [-0.2, -0.15) is 0 Å². The van der Waals surface area contributed by atoms with E-state index in [4.69, 9.17) is 5.11 Å². The number of carboxylic acid groups (broad SMARTS) is 1. The summed E-state index contributed by atoms with van der Waals surface area (Å²) in [4.78, 5) is 21.9. The van der Waals surface area contributed by atoms with Crippen LogP contribution in [0, 0.1) is 0 Å². The summed E-state index contributed by atoms with van der Waals surface area (Å²) in [5.74, 6) is -0.849. The van der Waals surface area contributed by atoms with Crippen LogP contribution in [0.4, 0.5) is 0 Å². The third-order valence-corrected chi connectivity index (χ3v) is 5.15. The lowest BCUT2D eigenvalue weighted by Crippen LogP contribution is -2.24. The van der Waals surface area contributed by atoms with Gasteiger partial charge < -0.3 is 10.4 Å². The molecule has 1 amide bonds. The molecule has 0 rings (SSSR count). The van der Waals surface area contributed by atoms with Gasteiger partial charge in [0.1, 0.15) is 0 Å². The van der Waals surface area contributed by atoms with Crippen LogP contribution in [0.15, 0.2) is 0 Å². The number of hydrogen-bond donors (Lipinski definition) is 2. The summed E-state index contributed by atoms with van der Waals surface area (Å²) in [5.41, 5.74) is 0. The molecule has 2 N–H and O–H groups in total. The van der Waals surface area contributed by atoms with E-state index in [1.54, 1.807) is 0 Å². The lowest BCUT2D eigenvalue weighted by molar-refractivity contribution is -0.137. The van der Waals surface area contributed by atoms with E-state index in [1.165, 1.54) is 96.3 Å². The Kier molecular flexibility index (Phi) is 20.4. The van der Waals surface area contributed by atoms with Crippen molar-refractivity contribution in [3.05, 3.63) is 0 Å². The van der Waals surface area contributed by atoms with Crippen LogP contribution in [0.5, 0.6) is 0 Å². The van der Waals surface area contributed by atoms with Crippen molar-refractivity contribution in [2.75, 3.05) is 6.54 Å². The lowest BCUT2D eigenvalue weighted by atomic mass is 10.0. The zero-order chi connectivity index (χ0) is 20.0. The molecule has 27 heavy (non-hydrogen) atoms. The number of hydrogen-bond acceptors (Lipinski definition) is 2. The lowest BCUT2D eigenvalue weighted by Gasteiger charge is -2.05. The summed E-state index contributed by atoms with van der Waals surface area (Å²) in [6.45, 7) is 3.00. The van der Waals surface area contributed by atoms with E-state index in [1.807, 2.05) is 0 Å². The molecule has 4 heteroatoms. The Bertz CT molecular complexity index is 345. The van der Waals surface area contributed by atoms with Crippen molar-refractivity contribution in [3.63, 3.8) is 0 Å². The van der Waals surface area contributed by atoms with E-state index < -0.39 is 5.97 Å². The summed E-state index contributed by atoms with van der Waals surface area (Å²) in [6, 6.07) is 0. The highest BCUT2D eigenvalue weighted by molar-refractivity contribution is 5.76. The third kappa shape index (κ3) is 22.9. The van der Waals surface area contributed by atoms with Crippen LogP contribution >= 0.6 is 0 Å². The highest BCUT2D eigenvalue weighted by atomic mass is 16.4. The van der Waals surface area contributed by atoms with Gasteiger partial charge >= 0.3 is 5.97 Å². The van der Waals surface area contributed by atoms with Crippen LogP contribution in [-0.2, 0) is 9.59 Å². The van der Waals surface area contributed by atoms with Crippen LogP contribution in [0.25, 0.3) is 0 Å². The maximum atomic E-state index is 11.5. The van der Waals surface area contributed by atoms with Crippen molar-refractivity contribution in [3.8, 4) is 0 Å². The maximum absolute atomic E-state index is 11.5. The fraction of sp³-hybridized carbons (Fsp3) is 0.913. The first kappa shape index (κ1) is 25.9. The molecule has 0 spiro atoms. The molecule has 0 unspecified atom stereocenters. The van der Waals surface area contributed by atoms with E-state index >= 15 is 0 Å². The maximum Gasteiger partial charge on any atom is 0.303 e. The standard InChI is InChI=1S/C23H45NO3/c1-2-3-4-5-6-7-8-9-10-11-12-13-14-15-16-17-21-24-22(25)19-18-20-23(26)27/h2-21H2,1H3,(H,24,25)(H,26,27). The van der Waals surface area contributed by atoms with Gasteiger partial charge in [0.05, 0.1) is 0 Å². The second kappa shape index (κ2) is 21.2. The summed E-state index contributed by atoms with van der Waals surface area (Å²) < 4.78 is 0. The van der Waals surface area contributed by atoms with Crippen molar-refractivity contribution in [2.24, 2.45) is 0 Å². The van der Waals surface area contributed by atoms with E-state index in [-0.39, 0.29) is 12.3 Å². The van der Waals surface area contributed by atoms with Gasteiger partial charge in [0.2, 0.25) is 5.91 Å². The fourth-order valence-electron chi connectivity index (χ4n) is 3.39. The molecule has 160 valence electrons. The van der Waals surface area contributed by atoms with E-state index in [9.17, 15) is 9.59 Å². The van der Waals surface area contributed by atoms with Crippen LogP contribution in [0.2, 0.25) is 0 Å². The molecule has 0 aromatic carbocycles. The normalized spacial score (nSPS) is 10.9. The molecule has 0 radical (unpaired) electrons. The van der Waals surface area contributed by atoms with Crippen LogP contribution in [-0.4, -0.2) is 23.5 Å². The molecule has 0 aromatic heterocycles. The Hall–Kier alpha value is -1.06. The second-order valence-electron chi connectivity index (χ2n) is 7.90. The minimum atomic E-state index is -0.833. The number of amides is 1. The molecule has 0 saturated heterocycles. The number of aliphatic carboxylic acids is 1. The van der Waals surface area contributed by atoms with Crippen molar-refractivity contribution < 1.29 is 14.7 Å². The average molecular weight is 384 g/mol. The molecule has 0 fully saturated rings. The van der Waals surface area contributed by atoms with Crippen molar-refractivity contribution in [2.45, 2.75) is 129 Å². The van der Waals surface area contributed by atoms with Gasteiger partial charge in [0.25, 0.3) is 0 Å². The minimum absolute atomic E-state index is 0.0165. The SMILES string of the molecule is CCCCCCCCCCCCCCCCCCNC(=O)CCCC(=O)O. The highest BCUT2D eigenvalue weighted by Gasteiger charge is 2.03. The van der Waals surface area contributed by atoms with Gasteiger partial charge in [0.15, 0.2) is 0 Å². The molecule has 4 nitrogen and oxygen atoms in total. The zero-order valence-electron chi connectivity index (χ0n) is 17.9. The zero-order valence-corrected chi connectivity index (χ0v) is 17.9. The number of nitrogens with one attached hydrogen (secondary N) is 1. The van der Waals surface area contributed by atoms with Gasteiger partial charge in [0, 0.05) is 19.4 Å². The number of unbranched alkanes of at least 4 members (excludes halogenated alkanes) is 15. The average Bonchev–Trinajstić information content (AvgIpc) is 2.64. The molecule has 0 aromatic rings. The van der Waals surface area contributed by atoms with Gasteiger partial charge in [-0.15, -0.1) is 0 Å². The fourth-order valence-corrected chi connectivity index (χ4v) is 3.39. The predicted molar refractivity (Wildman–Crippen MR) is 114 cm³/mol. The Morgan fingerprint density at radius 2 is 1.00 bits per heavy atom. The van der Waals surface area contributed by atoms with Gasteiger partial charge in [-0.05, 0) is 12.8 Å².